The van der Waals surface area contributed by atoms with Crippen LogP contribution in [0.25, 0.3) is 17.2 Å². The van der Waals surface area contributed by atoms with Crippen molar-refractivity contribution in [2.24, 2.45) is 0 Å². The number of carboxylic acid groups (broad SMARTS) is 1. The van der Waals surface area contributed by atoms with E-state index in [1.807, 2.05) is 25.1 Å². The van der Waals surface area contributed by atoms with Gasteiger partial charge in [-0.25, -0.2) is 4.39 Å². The van der Waals surface area contributed by atoms with E-state index in [-0.39, 0.29) is 6.42 Å². The van der Waals surface area contributed by atoms with Crippen LogP contribution < -0.4 is 0 Å². The lowest BCUT2D eigenvalue weighted by molar-refractivity contribution is -0.135. The smallest absolute Gasteiger partial charge is 0.307 e. The molecule has 0 spiro atoms. The molecule has 0 fully saturated rings. The molecule has 1 unspecified atom stereocenters. The van der Waals surface area contributed by atoms with Gasteiger partial charge < -0.3 is 5.11 Å². The van der Waals surface area contributed by atoms with Crippen molar-refractivity contribution in [2.75, 3.05) is 6.26 Å². The summed E-state index contributed by atoms with van der Waals surface area (Å²) in [5, 5.41) is 9.19. The van der Waals surface area contributed by atoms with Gasteiger partial charge in [0.05, 0.1) is 6.42 Å². The molecule has 2 aromatic carbocycles. The topological polar surface area (TPSA) is 54.4 Å². The van der Waals surface area contributed by atoms with E-state index >= 15 is 0 Å². The van der Waals surface area contributed by atoms with Crippen molar-refractivity contribution in [1.29, 1.82) is 0 Å². The predicted molar refractivity (Wildman–Crippen MR) is 105 cm³/mol. The van der Waals surface area contributed by atoms with E-state index in [1.54, 1.807) is 24.5 Å². The molecule has 3 nitrogen and oxygen atoms in total. The number of benzene rings is 2. The fourth-order valence-electron chi connectivity index (χ4n) is 3.15. The van der Waals surface area contributed by atoms with E-state index in [0.717, 1.165) is 22.3 Å². The summed E-state index contributed by atoms with van der Waals surface area (Å²) in [6, 6.07) is 11.7. The third-order valence-electron chi connectivity index (χ3n) is 4.47. The van der Waals surface area contributed by atoms with Crippen molar-refractivity contribution in [3.63, 3.8) is 0 Å². The van der Waals surface area contributed by atoms with E-state index in [9.17, 15) is 18.5 Å². The summed E-state index contributed by atoms with van der Waals surface area (Å²) >= 11 is 0. The quantitative estimate of drug-likeness (QED) is 0.815. The molecule has 0 aliphatic heterocycles. The minimum Gasteiger partial charge on any atom is -0.481 e. The van der Waals surface area contributed by atoms with Gasteiger partial charge in [0.15, 0.2) is 0 Å². The lowest BCUT2D eigenvalue weighted by atomic mass is 10.0. The Morgan fingerprint density at radius 3 is 2.42 bits per heavy atom. The minimum absolute atomic E-state index is 0.155. The van der Waals surface area contributed by atoms with Crippen LogP contribution in [0, 0.1) is 5.82 Å². The second kappa shape index (κ2) is 6.57. The number of hydrogen-bond acceptors (Lipinski definition) is 2. The van der Waals surface area contributed by atoms with Gasteiger partial charge in [-0.2, -0.15) is 0 Å². The van der Waals surface area contributed by atoms with E-state index in [4.69, 9.17) is 0 Å². The Morgan fingerprint density at radius 2 is 1.85 bits per heavy atom. The molecule has 1 atom stereocenters. The number of carboxylic acids is 1. The Labute approximate surface area is 152 Å². The molecule has 0 aromatic heterocycles. The molecule has 134 valence electrons. The van der Waals surface area contributed by atoms with Crippen LogP contribution in [0.4, 0.5) is 4.39 Å². The number of fused-ring (bicyclic) bond motifs is 1. The van der Waals surface area contributed by atoms with Crippen LogP contribution >= 0.6 is 0 Å². The number of halogens is 1. The van der Waals surface area contributed by atoms with Crippen molar-refractivity contribution in [2.45, 2.75) is 18.2 Å². The van der Waals surface area contributed by atoms with Crippen molar-refractivity contribution < 1.29 is 18.5 Å². The second-order valence-corrected chi connectivity index (χ2v) is 8.98. The maximum absolute atomic E-state index is 13.7. The number of rotatable bonds is 4. The molecule has 5 heteroatoms. The first kappa shape index (κ1) is 18.1. The molecular weight excluding hydrogens is 351 g/mol. The van der Waals surface area contributed by atoms with Gasteiger partial charge in [-0.3, -0.25) is 9.00 Å². The van der Waals surface area contributed by atoms with Gasteiger partial charge in [0.1, 0.15) is 5.82 Å². The van der Waals surface area contributed by atoms with Gasteiger partial charge in [-0.1, -0.05) is 18.2 Å². The fourth-order valence-corrected chi connectivity index (χ4v) is 3.86. The van der Waals surface area contributed by atoms with Crippen LogP contribution in [0.15, 0.2) is 52.9 Å². The minimum atomic E-state index is -2.27. The van der Waals surface area contributed by atoms with E-state index in [0.29, 0.717) is 16.0 Å². The van der Waals surface area contributed by atoms with E-state index in [1.165, 1.54) is 12.1 Å². The van der Waals surface area contributed by atoms with Gasteiger partial charge in [-0.15, -0.1) is 0 Å². The number of allylic oxidation sites excluding steroid dienone is 2. The van der Waals surface area contributed by atoms with Gasteiger partial charge >= 0.3 is 5.97 Å². The van der Waals surface area contributed by atoms with Crippen LogP contribution in [-0.2, 0) is 14.3 Å². The van der Waals surface area contributed by atoms with Gasteiger partial charge in [-0.05, 0) is 86.1 Å². The molecule has 1 aliphatic carbocycles. The Morgan fingerprint density at radius 1 is 1.19 bits per heavy atom. The van der Waals surface area contributed by atoms with Crippen molar-refractivity contribution in [3.8, 4) is 0 Å². The third-order valence-corrected chi connectivity index (χ3v) is 5.74. The van der Waals surface area contributed by atoms with E-state index < -0.39 is 21.3 Å². The first-order valence-corrected chi connectivity index (χ1v) is 10.2. The molecule has 1 aliphatic rings. The van der Waals surface area contributed by atoms with Crippen LogP contribution in [0.5, 0.6) is 0 Å². The summed E-state index contributed by atoms with van der Waals surface area (Å²) in [4.78, 5) is 11.9. The van der Waals surface area contributed by atoms with E-state index in [2.05, 4.69) is 5.87 Å². The molecule has 0 radical (unpaired) electrons. The van der Waals surface area contributed by atoms with Crippen molar-refractivity contribution in [3.05, 3.63) is 70.5 Å². The van der Waals surface area contributed by atoms with Crippen LogP contribution in [0.1, 0.15) is 30.0 Å². The molecule has 0 saturated heterocycles. The number of aliphatic carboxylic acids is 1. The average molecular weight is 370 g/mol. The third kappa shape index (κ3) is 3.48. The SMILES string of the molecule is C=S(C)(=O)c1ccc(C=C2C(C)=C(CC(=O)O)c3cc(F)ccc32)cc1. The Balaban J connectivity index is 2.11. The van der Waals surface area contributed by atoms with Crippen molar-refractivity contribution in [1.82, 2.24) is 0 Å². The standard InChI is InChI=1S/C21H19FO3S/c1-13-18(10-14-4-7-16(8-5-14)26(2,3)25)17-9-6-15(22)11-20(17)19(13)12-21(23)24/h4-11H,2,12H2,1,3H3,(H,23,24). The summed E-state index contributed by atoms with van der Waals surface area (Å²) < 4.78 is 25.7. The molecule has 26 heavy (non-hydrogen) atoms. The highest BCUT2D eigenvalue weighted by Crippen LogP contribution is 2.43. The Kier molecular flexibility index (Phi) is 4.59. The normalized spacial score (nSPS) is 17.3. The summed E-state index contributed by atoms with van der Waals surface area (Å²) in [5.74, 6) is 2.33. The zero-order chi connectivity index (χ0) is 19.1. The molecule has 0 amide bonds. The molecular formula is C21H19FO3S. The lowest BCUT2D eigenvalue weighted by Gasteiger charge is -2.06. The molecule has 3 rings (SSSR count). The Hall–Kier alpha value is -2.66. The fraction of sp³-hybridized carbons (Fsp3) is 0.143. The highest BCUT2D eigenvalue weighted by Gasteiger charge is 2.25. The van der Waals surface area contributed by atoms with Gasteiger partial charge in [0.25, 0.3) is 0 Å². The highest BCUT2D eigenvalue weighted by molar-refractivity contribution is 7.99. The molecule has 0 bridgehead atoms. The maximum Gasteiger partial charge on any atom is 0.307 e. The van der Waals surface area contributed by atoms with Crippen LogP contribution in [0.2, 0.25) is 0 Å². The van der Waals surface area contributed by atoms with Gasteiger partial charge in [0.2, 0.25) is 0 Å². The zero-order valence-corrected chi connectivity index (χ0v) is 15.4. The molecule has 2 aromatic rings. The summed E-state index contributed by atoms with van der Waals surface area (Å²) in [6.45, 7) is 1.85. The van der Waals surface area contributed by atoms with Gasteiger partial charge in [0, 0.05) is 11.2 Å². The lowest BCUT2D eigenvalue weighted by Crippen LogP contribution is -1.97. The Bertz CT molecular complexity index is 1060. The largest absolute Gasteiger partial charge is 0.481 e. The first-order chi connectivity index (χ1) is 12.2. The average Bonchev–Trinajstić information content (AvgIpc) is 2.79. The summed E-state index contributed by atoms with van der Waals surface area (Å²) in [6.07, 6.45) is 3.37. The highest BCUT2D eigenvalue weighted by atomic mass is 32.2. The van der Waals surface area contributed by atoms with Crippen LogP contribution in [0.3, 0.4) is 0 Å². The number of carbonyl (C=O) groups is 1. The maximum atomic E-state index is 13.7. The van der Waals surface area contributed by atoms with Crippen molar-refractivity contribution >= 4 is 38.6 Å². The number of hydrogen-bond donors (Lipinski definition) is 1. The summed E-state index contributed by atoms with van der Waals surface area (Å²) in [7, 11) is -2.27. The molecule has 0 saturated carbocycles. The second-order valence-electron chi connectivity index (χ2n) is 6.50. The monoisotopic (exact) mass is 370 g/mol. The molecule has 0 heterocycles. The van der Waals surface area contributed by atoms with Crippen LogP contribution in [-0.4, -0.2) is 27.4 Å². The summed E-state index contributed by atoms with van der Waals surface area (Å²) in [5.41, 5.74) is 4.66. The molecule has 1 N–H and O–H groups in total. The first-order valence-electron chi connectivity index (χ1n) is 8.03. The predicted octanol–water partition coefficient (Wildman–Crippen LogP) is 4.33. The zero-order valence-electron chi connectivity index (χ0n) is 14.6.